The van der Waals surface area contributed by atoms with E-state index in [2.05, 4.69) is 17.3 Å². The Morgan fingerprint density at radius 3 is 2.57 bits per heavy atom. The van der Waals surface area contributed by atoms with Crippen molar-refractivity contribution in [1.82, 2.24) is 15.1 Å². The first kappa shape index (κ1) is 23.6. The highest BCUT2D eigenvalue weighted by molar-refractivity contribution is 5.97. The largest absolute Gasteiger partial charge is 0.490 e. The van der Waals surface area contributed by atoms with Gasteiger partial charge in [-0.05, 0) is 70.9 Å². The lowest BCUT2D eigenvalue weighted by molar-refractivity contribution is -0.128. The Morgan fingerprint density at radius 1 is 1.27 bits per heavy atom. The molecular formula is C23H34N4O3. The molecule has 1 fully saturated rings. The molecule has 7 heteroatoms. The Labute approximate surface area is 180 Å². The van der Waals surface area contributed by atoms with Gasteiger partial charge in [0.2, 0.25) is 0 Å². The molecule has 1 amide bonds. The van der Waals surface area contributed by atoms with Crippen LogP contribution in [0, 0.1) is 11.3 Å². The highest BCUT2D eigenvalue weighted by atomic mass is 16.5. The van der Waals surface area contributed by atoms with Crippen molar-refractivity contribution in [2.24, 2.45) is 0 Å². The number of nitrogens with zero attached hydrogens (tertiary/aromatic N) is 3. The van der Waals surface area contributed by atoms with Gasteiger partial charge in [-0.2, -0.15) is 5.26 Å². The minimum atomic E-state index is -0.223. The van der Waals surface area contributed by atoms with Crippen LogP contribution in [-0.4, -0.2) is 68.7 Å². The molecule has 164 valence electrons. The third kappa shape index (κ3) is 6.67. The Morgan fingerprint density at radius 2 is 1.93 bits per heavy atom. The predicted octanol–water partition coefficient (Wildman–Crippen LogP) is 2.58. The summed E-state index contributed by atoms with van der Waals surface area (Å²) in [7, 11) is 3.88. The number of nitriles is 1. The minimum Gasteiger partial charge on any atom is -0.490 e. The summed E-state index contributed by atoms with van der Waals surface area (Å²) in [5.41, 5.74) is 1.23. The average Bonchev–Trinajstić information content (AvgIpc) is 2.75. The van der Waals surface area contributed by atoms with Crippen LogP contribution >= 0.6 is 0 Å². The number of nitrogens with one attached hydrogen (secondary N) is 1. The summed E-state index contributed by atoms with van der Waals surface area (Å²) in [5, 5.41) is 12.5. The van der Waals surface area contributed by atoms with Crippen LogP contribution in [0.4, 0.5) is 0 Å². The van der Waals surface area contributed by atoms with Crippen LogP contribution in [0.3, 0.4) is 0 Å². The van der Waals surface area contributed by atoms with Gasteiger partial charge < -0.3 is 24.6 Å². The molecular weight excluding hydrogens is 380 g/mol. The lowest BCUT2D eigenvalue weighted by Crippen LogP contribution is -2.45. The summed E-state index contributed by atoms with van der Waals surface area (Å²) in [5.74, 6) is 1.25. The molecule has 1 aromatic carbocycles. The summed E-state index contributed by atoms with van der Waals surface area (Å²) in [4.78, 5) is 16.7. The van der Waals surface area contributed by atoms with Crippen molar-refractivity contribution in [1.29, 1.82) is 5.26 Å². The molecule has 1 aliphatic rings. The summed E-state index contributed by atoms with van der Waals surface area (Å²) in [6.07, 6.45) is 4.14. The van der Waals surface area contributed by atoms with E-state index in [9.17, 15) is 10.1 Å². The van der Waals surface area contributed by atoms with Crippen LogP contribution in [-0.2, 0) is 11.2 Å². The second-order valence-electron chi connectivity index (χ2n) is 7.47. The van der Waals surface area contributed by atoms with Crippen molar-refractivity contribution < 1.29 is 14.3 Å². The van der Waals surface area contributed by atoms with E-state index < -0.39 is 0 Å². The molecule has 1 heterocycles. The maximum absolute atomic E-state index is 12.7. The van der Waals surface area contributed by atoms with Crippen molar-refractivity contribution in [2.45, 2.75) is 39.2 Å². The molecule has 0 aliphatic carbocycles. The average molecular weight is 415 g/mol. The third-order valence-corrected chi connectivity index (χ3v) is 5.32. The van der Waals surface area contributed by atoms with Crippen molar-refractivity contribution in [3.05, 3.63) is 35.5 Å². The smallest absolute Gasteiger partial charge is 0.265 e. The number of piperidine rings is 1. The van der Waals surface area contributed by atoms with E-state index in [0.717, 1.165) is 49.4 Å². The van der Waals surface area contributed by atoms with E-state index in [-0.39, 0.29) is 17.5 Å². The molecule has 1 saturated heterocycles. The first-order chi connectivity index (χ1) is 14.5. The number of benzene rings is 1. The molecule has 0 bridgehead atoms. The minimum absolute atomic E-state index is 0.137. The van der Waals surface area contributed by atoms with Crippen LogP contribution < -0.4 is 14.8 Å². The third-order valence-electron chi connectivity index (χ3n) is 5.32. The Kier molecular flexibility index (Phi) is 9.49. The van der Waals surface area contributed by atoms with Crippen LogP contribution in [0.15, 0.2) is 30.0 Å². The van der Waals surface area contributed by atoms with Crippen LogP contribution in [0.1, 0.15) is 32.3 Å². The molecule has 7 nitrogen and oxygen atoms in total. The van der Waals surface area contributed by atoms with Gasteiger partial charge in [-0.15, -0.1) is 0 Å². The van der Waals surface area contributed by atoms with Gasteiger partial charge in [0.25, 0.3) is 5.91 Å². The zero-order valence-electron chi connectivity index (χ0n) is 18.6. The van der Waals surface area contributed by atoms with Gasteiger partial charge in [-0.25, -0.2) is 0 Å². The van der Waals surface area contributed by atoms with Gasteiger partial charge in [0.15, 0.2) is 11.5 Å². The Hall–Kier alpha value is -2.72. The van der Waals surface area contributed by atoms with Crippen molar-refractivity contribution in [2.75, 3.05) is 46.9 Å². The molecule has 2 rings (SSSR count). The number of likely N-dealkylation sites (tertiary alicyclic amines) is 1. The molecule has 0 spiro atoms. The molecule has 0 radical (unpaired) electrons. The Bertz CT molecular complexity index is 764. The van der Waals surface area contributed by atoms with E-state index in [4.69, 9.17) is 9.47 Å². The number of ether oxygens (including phenoxy) is 2. The number of carbonyl (C=O) groups excluding carboxylic acids is 1. The highest BCUT2D eigenvalue weighted by Gasteiger charge is 2.25. The summed E-state index contributed by atoms with van der Waals surface area (Å²) in [6, 6.07) is 8.12. The number of hydrogen-bond donors (Lipinski definition) is 1. The number of carbonyl (C=O) groups is 1. The van der Waals surface area contributed by atoms with E-state index >= 15 is 0 Å². The second kappa shape index (κ2) is 12.1. The lowest BCUT2D eigenvalue weighted by Gasteiger charge is -2.34. The van der Waals surface area contributed by atoms with Crippen LogP contribution in [0.5, 0.6) is 11.5 Å². The number of likely N-dealkylation sites (N-methyl/N-ethyl adjacent to an activating group) is 1. The molecule has 0 saturated carbocycles. The fraction of sp³-hybridized carbons (Fsp3) is 0.565. The van der Waals surface area contributed by atoms with Gasteiger partial charge in [0.05, 0.1) is 13.2 Å². The highest BCUT2D eigenvalue weighted by Crippen LogP contribution is 2.28. The fourth-order valence-electron chi connectivity index (χ4n) is 3.52. The van der Waals surface area contributed by atoms with Gasteiger partial charge in [-0.3, -0.25) is 4.79 Å². The topological polar surface area (TPSA) is 77.8 Å². The maximum atomic E-state index is 12.7. The Balaban J connectivity index is 1.90. The second-order valence-corrected chi connectivity index (χ2v) is 7.47. The molecule has 0 aromatic heterocycles. The van der Waals surface area contributed by atoms with E-state index in [1.54, 1.807) is 11.9 Å². The molecule has 1 aliphatic heterocycles. The van der Waals surface area contributed by atoms with Gasteiger partial charge in [0.1, 0.15) is 11.6 Å². The molecule has 0 atom stereocenters. The zero-order valence-corrected chi connectivity index (χ0v) is 18.6. The predicted molar refractivity (Wildman–Crippen MR) is 117 cm³/mol. The number of rotatable bonds is 10. The normalized spacial score (nSPS) is 15.4. The fourth-order valence-corrected chi connectivity index (χ4v) is 3.52. The van der Waals surface area contributed by atoms with Crippen molar-refractivity contribution in [3.8, 4) is 17.6 Å². The standard InChI is InChI=1S/C23H34N4O3/c1-5-29-21-8-7-18(15-22(21)30-6-2)9-12-25-17-19(16-24)23(28)27(4)20-10-13-26(3)14-11-20/h7-8,15,17,20,25H,5-6,9-14H2,1-4H3/b19-17-. The van der Waals surface area contributed by atoms with Gasteiger partial charge in [-0.1, -0.05) is 6.07 Å². The molecule has 1 aromatic rings. The molecule has 30 heavy (non-hydrogen) atoms. The first-order valence-corrected chi connectivity index (χ1v) is 10.7. The zero-order chi connectivity index (χ0) is 21.9. The van der Waals surface area contributed by atoms with Crippen molar-refractivity contribution >= 4 is 5.91 Å². The van der Waals surface area contributed by atoms with Gasteiger partial charge >= 0.3 is 0 Å². The lowest BCUT2D eigenvalue weighted by atomic mass is 10.0. The molecule has 0 unspecified atom stereocenters. The van der Waals surface area contributed by atoms with Crippen LogP contribution in [0.25, 0.3) is 0 Å². The van der Waals surface area contributed by atoms with E-state index in [1.807, 2.05) is 38.1 Å². The number of amides is 1. The monoisotopic (exact) mass is 414 g/mol. The van der Waals surface area contributed by atoms with Crippen LogP contribution in [0.2, 0.25) is 0 Å². The van der Waals surface area contributed by atoms with E-state index in [0.29, 0.717) is 19.8 Å². The summed E-state index contributed by atoms with van der Waals surface area (Å²) in [6.45, 7) is 7.59. The van der Waals surface area contributed by atoms with Crippen molar-refractivity contribution in [3.63, 3.8) is 0 Å². The van der Waals surface area contributed by atoms with Gasteiger partial charge in [0, 0.05) is 25.8 Å². The first-order valence-electron chi connectivity index (χ1n) is 10.7. The maximum Gasteiger partial charge on any atom is 0.265 e. The molecule has 1 N–H and O–H groups in total. The summed E-state index contributed by atoms with van der Waals surface area (Å²) >= 11 is 0. The number of hydrogen-bond acceptors (Lipinski definition) is 6. The quantitative estimate of drug-likeness (QED) is 0.360. The SMILES string of the molecule is CCOc1ccc(CCN/C=C(/C#N)C(=O)N(C)C2CCN(C)CC2)cc1OCC. The summed E-state index contributed by atoms with van der Waals surface area (Å²) < 4.78 is 11.3. The van der Waals surface area contributed by atoms with E-state index in [1.165, 1.54) is 6.20 Å².